The molecule has 1 aromatic carbocycles. The molecular formula is C20H28N2O2. The summed E-state index contributed by atoms with van der Waals surface area (Å²) in [5.41, 5.74) is 1.14. The van der Waals surface area contributed by atoms with E-state index in [1.165, 1.54) is 0 Å². The lowest BCUT2D eigenvalue weighted by Crippen LogP contribution is -2.47. The van der Waals surface area contributed by atoms with Gasteiger partial charge in [0, 0.05) is 19.0 Å². The average molecular weight is 328 g/mol. The lowest BCUT2D eigenvalue weighted by atomic mass is 9.92. The van der Waals surface area contributed by atoms with Crippen molar-refractivity contribution in [3.05, 3.63) is 35.9 Å². The predicted octanol–water partition coefficient (Wildman–Crippen LogP) is 3.15. The van der Waals surface area contributed by atoms with Crippen molar-refractivity contribution in [3.63, 3.8) is 0 Å². The van der Waals surface area contributed by atoms with Gasteiger partial charge in [-0.1, -0.05) is 44.2 Å². The number of rotatable bonds is 5. The van der Waals surface area contributed by atoms with Crippen LogP contribution in [0.25, 0.3) is 0 Å². The zero-order valence-electron chi connectivity index (χ0n) is 14.7. The Morgan fingerprint density at radius 2 is 1.79 bits per heavy atom. The smallest absolute Gasteiger partial charge is 0.225 e. The zero-order chi connectivity index (χ0) is 17.1. The summed E-state index contributed by atoms with van der Waals surface area (Å²) >= 11 is 0. The third-order valence-corrected chi connectivity index (χ3v) is 5.15. The van der Waals surface area contributed by atoms with Gasteiger partial charge in [0.25, 0.3) is 0 Å². The van der Waals surface area contributed by atoms with E-state index < -0.39 is 0 Å². The van der Waals surface area contributed by atoms with E-state index in [0.717, 1.165) is 37.8 Å². The Morgan fingerprint density at radius 3 is 2.42 bits per heavy atom. The maximum Gasteiger partial charge on any atom is 0.225 e. The summed E-state index contributed by atoms with van der Waals surface area (Å²) in [6, 6.07) is 10.2. The maximum atomic E-state index is 12.8. The van der Waals surface area contributed by atoms with Gasteiger partial charge in [-0.2, -0.15) is 0 Å². The van der Waals surface area contributed by atoms with Crippen molar-refractivity contribution in [1.82, 2.24) is 10.2 Å². The summed E-state index contributed by atoms with van der Waals surface area (Å²) in [5.74, 6) is 0.830. The second-order valence-corrected chi connectivity index (χ2v) is 7.54. The Balaban J connectivity index is 1.63. The van der Waals surface area contributed by atoms with Gasteiger partial charge in [0.05, 0.1) is 12.0 Å². The number of likely N-dealkylation sites (tertiary alicyclic amines) is 1. The highest BCUT2D eigenvalue weighted by molar-refractivity contribution is 5.83. The molecule has 130 valence electrons. The molecule has 2 fully saturated rings. The van der Waals surface area contributed by atoms with E-state index in [9.17, 15) is 9.59 Å². The molecule has 2 atom stereocenters. The lowest BCUT2D eigenvalue weighted by Gasteiger charge is -2.33. The van der Waals surface area contributed by atoms with E-state index in [4.69, 9.17) is 0 Å². The van der Waals surface area contributed by atoms with Gasteiger partial charge in [-0.05, 0) is 37.2 Å². The topological polar surface area (TPSA) is 49.4 Å². The minimum Gasteiger partial charge on any atom is -0.349 e. The standard InChI is InChI=1S/C20H28N2O2/c1-14(2)18(15-7-4-3-5-8-15)21-19(23)17-9-6-12-22(13-17)20(24)16-10-11-16/h3-5,7-8,14,16-18H,6,9-13H2,1-2H3,(H,21,23)/t17-,18-/m1/s1. The second-order valence-electron chi connectivity index (χ2n) is 7.54. The fourth-order valence-electron chi connectivity index (χ4n) is 3.55. The number of nitrogens with one attached hydrogen (secondary N) is 1. The van der Waals surface area contributed by atoms with E-state index >= 15 is 0 Å². The summed E-state index contributed by atoms with van der Waals surface area (Å²) in [4.78, 5) is 27.0. The number of amides is 2. The number of carbonyl (C=O) groups excluding carboxylic acids is 2. The highest BCUT2D eigenvalue weighted by Gasteiger charge is 2.37. The molecule has 1 saturated heterocycles. The van der Waals surface area contributed by atoms with Gasteiger partial charge < -0.3 is 10.2 Å². The monoisotopic (exact) mass is 328 g/mol. The Morgan fingerprint density at radius 1 is 1.08 bits per heavy atom. The van der Waals surface area contributed by atoms with Crippen LogP contribution in [0, 0.1) is 17.8 Å². The van der Waals surface area contributed by atoms with Crippen molar-refractivity contribution >= 4 is 11.8 Å². The molecule has 1 heterocycles. The van der Waals surface area contributed by atoms with Gasteiger partial charge >= 0.3 is 0 Å². The predicted molar refractivity (Wildman–Crippen MR) is 94.2 cm³/mol. The van der Waals surface area contributed by atoms with Gasteiger partial charge in [0.2, 0.25) is 11.8 Å². The van der Waals surface area contributed by atoms with E-state index in [1.54, 1.807) is 0 Å². The van der Waals surface area contributed by atoms with Gasteiger partial charge in [-0.15, -0.1) is 0 Å². The minimum atomic E-state index is -0.0774. The molecule has 0 spiro atoms. The first kappa shape index (κ1) is 17.0. The van der Waals surface area contributed by atoms with Crippen molar-refractivity contribution < 1.29 is 9.59 Å². The second kappa shape index (κ2) is 7.37. The fraction of sp³-hybridized carbons (Fsp3) is 0.600. The summed E-state index contributed by atoms with van der Waals surface area (Å²) < 4.78 is 0. The van der Waals surface area contributed by atoms with Gasteiger partial charge in [0.1, 0.15) is 0 Å². The van der Waals surface area contributed by atoms with Gasteiger partial charge in [0.15, 0.2) is 0 Å². The van der Waals surface area contributed by atoms with Gasteiger partial charge in [-0.25, -0.2) is 0 Å². The van der Waals surface area contributed by atoms with E-state index in [0.29, 0.717) is 12.5 Å². The first-order chi connectivity index (χ1) is 11.6. The number of hydrogen-bond acceptors (Lipinski definition) is 2. The normalized spacial score (nSPS) is 22.3. The summed E-state index contributed by atoms with van der Waals surface area (Å²) in [6.07, 6.45) is 3.85. The molecule has 1 saturated carbocycles. The molecule has 2 aliphatic rings. The molecule has 0 aromatic heterocycles. The zero-order valence-corrected chi connectivity index (χ0v) is 14.7. The van der Waals surface area contributed by atoms with Gasteiger partial charge in [-0.3, -0.25) is 9.59 Å². The first-order valence-electron chi connectivity index (χ1n) is 9.20. The van der Waals surface area contributed by atoms with E-state index in [-0.39, 0.29) is 29.7 Å². The summed E-state index contributed by atoms with van der Waals surface area (Å²) in [7, 11) is 0. The van der Waals surface area contributed by atoms with Crippen molar-refractivity contribution in [2.75, 3.05) is 13.1 Å². The minimum absolute atomic E-state index is 0.0215. The van der Waals surface area contributed by atoms with Crippen LogP contribution in [0.4, 0.5) is 0 Å². The average Bonchev–Trinajstić information content (AvgIpc) is 3.44. The van der Waals surface area contributed by atoms with Crippen LogP contribution in [0.1, 0.15) is 51.1 Å². The molecule has 0 unspecified atom stereocenters. The third-order valence-electron chi connectivity index (χ3n) is 5.15. The van der Waals surface area contributed by atoms with Crippen molar-refractivity contribution in [1.29, 1.82) is 0 Å². The molecular weight excluding hydrogens is 300 g/mol. The SMILES string of the molecule is CC(C)[C@@H](NC(=O)[C@@H]1CCCN(C(=O)C2CC2)C1)c1ccccc1. The molecule has 0 bridgehead atoms. The molecule has 2 amide bonds. The van der Waals surface area contributed by atoms with Crippen LogP contribution >= 0.6 is 0 Å². The molecule has 4 nitrogen and oxygen atoms in total. The lowest BCUT2D eigenvalue weighted by molar-refractivity contribution is -0.137. The maximum absolute atomic E-state index is 12.8. The molecule has 24 heavy (non-hydrogen) atoms. The fourth-order valence-corrected chi connectivity index (χ4v) is 3.55. The molecule has 3 rings (SSSR count). The number of carbonyl (C=O) groups is 2. The van der Waals surface area contributed by atoms with Crippen LogP contribution in [0.2, 0.25) is 0 Å². The number of hydrogen-bond donors (Lipinski definition) is 1. The summed E-state index contributed by atoms with van der Waals surface area (Å²) in [5, 5.41) is 3.23. The van der Waals surface area contributed by atoms with Crippen molar-refractivity contribution in [2.24, 2.45) is 17.8 Å². The van der Waals surface area contributed by atoms with Crippen LogP contribution in [0.15, 0.2) is 30.3 Å². The largest absolute Gasteiger partial charge is 0.349 e. The molecule has 1 N–H and O–H groups in total. The van der Waals surface area contributed by atoms with Crippen LogP contribution in [-0.2, 0) is 9.59 Å². The third kappa shape index (κ3) is 3.97. The van der Waals surface area contributed by atoms with Crippen LogP contribution in [0.3, 0.4) is 0 Å². The molecule has 4 heteroatoms. The van der Waals surface area contributed by atoms with Crippen molar-refractivity contribution in [2.45, 2.75) is 45.6 Å². The van der Waals surface area contributed by atoms with E-state index in [1.807, 2.05) is 23.1 Å². The molecule has 1 aliphatic heterocycles. The number of benzene rings is 1. The molecule has 1 aliphatic carbocycles. The van der Waals surface area contributed by atoms with Crippen LogP contribution in [-0.4, -0.2) is 29.8 Å². The summed E-state index contributed by atoms with van der Waals surface area (Å²) in [6.45, 7) is 5.65. The Kier molecular flexibility index (Phi) is 5.22. The number of piperidine rings is 1. The Bertz CT molecular complexity index is 581. The number of nitrogens with zero attached hydrogens (tertiary/aromatic N) is 1. The quantitative estimate of drug-likeness (QED) is 0.903. The van der Waals surface area contributed by atoms with Crippen LogP contribution in [0.5, 0.6) is 0 Å². The molecule has 1 aromatic rings. The first-order valence-corrected chi connectivity index (χ1v) is 9.20. The Hall–Kier alpha value is -1.84. The van der Waals surface area contributed by atoms with Crippen molar-refractivity contribution in [3.8, 4) is 0 Å². The highest BCUT2D eigenvalue weighted by atomic mass is 16.2. The highest BCUT2D eigenvalue weighted by Crippen LogP contribution is 2.32. The van der Waals surface area contributed by atoms with Crippen LogP contribution < -0.4 is 5.32 Å². The van der Waals surface area contributed by atoms with E-state index in [2.05, 4.69) is 31.3 Å². The molecule has 0 radical (unpaired) electrons. The Labute approximate surface area is 144 Å².